The Hall–Kier alpha value is -2.07. The van der Waals surface area contributed by atoms with Crippen LogP contribution >= 0.6 is 0 Å². The van der Waals surface area contributed by atoms with Crippen molar-refractivity contribution in [2.45, 2.75) is 19.9 Å². The standard InChI is InChI=1S/C16H18FNO2/c1-3-19-13-5-7-14(8-6-13)20-16-9-4-12(11(2)18)10-15(16)17/h4-11H,3,18H2,1-2H3. The Balaban J connectivity index is 2.13. The number of hydrogen-bond acceptors (Lipinski definition) is 3. The molecule has 4 heteroatoms. The maximum atomic E-state index is 13.9. The van der Waals surface area contributed by atoms with Gasteiger partial charge in [0.2, 0.25) is 0 Å². The van der Waals surface area contributed by atoms with E-state index in [1.165, 1.54) is 6.07 Å². The summed E-state index contributed by atoms with van der Waals surface area (Å²) in [6.07, 6.45) is 0. The molecular weight excluding hydrogens is 257 g/mol. The second-order valence-electron chi connectivity index (χ2n) is 4.49. The summed E-state index contributed by atoms with van der Waals surface area (Å²) >= 11 is 0. The second-order valence-corrected chi connectivity index (χ2v) is 4.49. The number of halogens is 1. The van der Waals surface area contributed by atoms with E-state index >= 15 is 0 Å². The van der Waals surface area contributed by atoms with E-state index in [2.05, 4.69) is 0 Å². The third-order valence-corrected chi connectivity index (χ3v) is 2.84. The molecule has 1 unspecified atom stereocenters. The van der Waals surface area contributed by atoms with E-state index in [1.54, 1.807) is 36.4 Å². The van der Waals surface area contributed by atoms with Crippen molar-refractivity contribution in [3.63, 3.8) is 0 Å². The molecule has 0 aliphatic heterocycles. The molecule has 2 rings (SSSR count). The van der Waals surface area contributed by atoms with Gasteiger partial charge in [0, 0.05) is 6.04 Å². The van der Waals surface area contributed by atoms with Crippen molar-refractivity contribution in [2.75, 3.05) is 6.61 Å². The monoisotopic (exact) mass is 275 g/mol. The normalized spacial score (nSPS) is 12.0. The lowest BCUT2D eigenvalue weighted by Crippen LogP contribution is -2.05. The van der Waals surface area contributed by atoms with Gasteiger partial charge in [-0.1, -0.05) is 6.07 Å². The minimum absolute atomic E-state index is 0.179. The summed E-state index contributed by atoms with van der Waals surface area (Å²) in [5.41, 5.74) is 6.45. The zero-order chi connectivity index (χ0) is 14.5. The van der Waals surface area contributed by atoms with E-state index in [0.717, 1.165) is 11.3 Å². The van der Waals surface area contributed by atoms with Crippen LogP contribution in [0.25, 0.3) is 0 Å². The molecule has 0 aliphatic rings. The van der Waals surface area contributed by atoms with E-state index in [9.17, 15) is 4.39 Å². The second kappa shape index (κ2) is 6.39. The molecule has 0 amide bonds. The molecule has 0 saturated heterocycles. The lowest BCUT2D eigenvalue weighted by Gasteiger charge is -2.10. The summed E-state index contributed by atoms with van der Waals surface area (Å²) in [5.74, 6) is 1.07. The average Bonchev–Trinajstić information content (AvgIpc) is 2.43. The maximum absolute atomic E-state index is 13.9. The molecule has 0 saturated carbocycles. The summed E-state index contributed by atoms with van der Waals surface area (Å²) < 4.78 is 24.7. The lowest BCUT2D eigenvalue weighted by atomic mass is 10.1. The zero-order valence-electron chi connectivity index (χ0n) is 11.6. The Labute approximate surface area is 118 Å². The highest BCUT2D eigenvalue weighted by molar-refractivity contribution is 5.37. The fourth-order valence-electron chi connectivity index (χ4n) is 1.78. The van der Waals surface area contributed by atoms with E-state index in [0.29, 0.717) is 12.4 Å². The molecule has 0 radical (unpaired) electrons. The highest BCUT2D eigenvalue weighted by atomic mass is 19.1. The Morgan fingerprint density at radius 2 is 1.75 bits per heavy atom. The van der Waals surface area contributed by atoms with Crippen molar-refractivity contribution in [1.82, 2.24) is 0 Å². The van der Waals surface area contributed by atoms with Gasteiger partial charge in [-0.2, -0.15) is 0 Å². The third kappa shape index (κ3) is 3.48. The summed E-state index contributed by atoms with van der Waals surface area (Å²) in [6.45, 7) is 4.33. The Morgan fingerprint density at radius 1 is 1.10 bits per heavy atom. The molecule has 0 bridgehead atoms. The molecule has 3 nitrogen and oxygen atoms in total. The molecule has 2 aromatic carbocycles. The molecule has 2 aromatic rings. The van der Waals surface area contributed by atoms with Crippen LogP contribution in [0.15, 0.2) is 42.5 Å². The molecule has 106 valence electrons. The van der Waals surface area contributed by atoms with Gasteiger partial charge in [0.25, 0.3) is 0 Å². The highest BCUT2D eigenvalue weighted by Crippen LogP contribution is 2.27. The van der Waals surface area contributed by atoms with Gasteiger partial charge >= 0.3 is 0 Å². The quantitative estimate of drug-likeness (QED) is 0.895. The van der Waals surface area contributed by atoms with Gasteiger partial charge in [-0.25, -0.2) is 4.39 Å². The van der Waals surface area contributed by atoms with Crippen LogP contribution in [-0.4, -0.2) is 6.61 Å². The van der Waals surface area contributed by atoms with Crippen molar-refractivity contribution >= 4 is 0 Å². The summed E-state index contributed by atoms with van der Waals surface area (Å²) in [6, 6.07) is 11.6. The summed E-state index contributed by atoms with van der Waals surface area (Å²) in [4.78, 5) is 0. The SMILES string of the molecule is CCOc1ccc(Oc2ccc(C(C)N)cc2F)cc1. The van der Waals surface area contributed by atoms with Crippen LogP contribution in [0.4, 0.5) is 4.39 Å². The molecule has 1 atom stereocenters. The van der Waals surface area contributed by atoms with Gasteiger partial charge in [0.05, 0.1) is 6.61 Å². The average molecular weight is 275 g/mol. The van der Waals surface area contributed by atoms with Crippen molar-refractivity contribution in [1.29, 1.82) is 0 Å². The number of nitrogens with two attached hydrogens (primary N) is 1. The number of benzene rings is 2. The van der Waals surface area contributed by atoms with Gasteiger partial charge in [-0.3, -0.25) is 0 Å². The van der Waals surface area contributed by atoms with Crippen LogP contribution in [0, 0.1) is 5.82 Å². The molecule has 0 fully saturated rings. The van der Waals surface area contributed by atoms with Gasteiger partial charge < -0.3 is 15.2 Å². The van der Waals surface area contributed by atoms with E-state index in [4.69, 9.17) is 15.2 Å². The fraction of sp³-hybridized carbons (Fsp3) is 0.250. The number of ether oxygens (including phenoxy) is 2. The van der Waals surface area contributed by atoms with Crippen LogP contribution in [0.1, 0.15) is 25.5 Å². The first kappa shape index (κ1) is 14.3. The van der Waals surface area contributed by atoms with Crippen LogP contribution < -0.4 is 15.2 Å². The first-order chi connectivity index (χ1) is 9.60. The van der Waals surface area contributed by atoms with E-state index in [-0.39, 0.29) is 11.8 Å². The minimum Gasteiger partial charge on any atom is -0.494 e. The topological polar surface area (TPSA) is 44.5 Å². The van der Waals surface area contributed by atoms with E-state index < -0.39 is 5.82 Å². The Bertz CT molecular complexity index is 567. The van der Waals surface area contributed by atoms with Crippen LogP contribution in [0.5, 0.6) is 17.2 Å². The molecule has 0 spiro atoms. The maximum Gasteiger partial charge on any atom is 0.166 e. The molecule has 0 heterocycles. The first-order valence-corrected chi connectivity index (χ1v) is 6.56. The molecule has 20 heavy (non-hydrogen) atoms. The lowest BCUT2D eigenvalue weighted by molar-refractivity contribution is 0.339. The zero-order valence-corrected chi connectivity index (χ0v) is 11.6. The van der Waals surface area contributed by atoms with Crippen LogP contribution in [-0.2, 0) is 0 Å². The number of rotatable bonds is 5. The Morgan fingerprint density at radius 3 is 2.30 bits per heavy atom. The largest absolute Gasteiger partial charge is 0.494 e. The molecule has 0 aromatic heterocycles. The van der Waals surface area contributed by atoms with Gasteiger partial charge in [0.15, 0.2) is 11.6 Å². The predicted molar refractivity (Wildman–Crippen MR) is 76.7 cm³/mol. The van der Waals surface area contributed by atoms with Crippen molar-refractivity contribution < 1.29 is 13.9 Å². The van der Waals surface area contributed by atoms with Crippen molar-refractivity contribution in [2.24, 2.45) is 5.73 Å². The van der Waals surface area contributed by atoms with Crippen LogP contribution in [0.3, 0.4) is 0 Å². The minimum atomic E-state index is -0.423. The summed E-state index contributed by atoms with van der Waals surface area (Å²) in [7, 11) is 0. The smallest absolute Gasteiger partial charge is 0.166 e. The first-order valence-electron chi connectivity index (χ1n) is 6.56. The molecular formula is C16H18FNO2. The molecule has 0 aliphatic carbocycles. The van der Waals surface area contributed by atoms with Gasteiger partial charge in [-0.15, -0.1) is 0 Å². The fourth-order valence-corrected chi connectivity index (χ4v) is 1.78. The van der Waals surface area contributed by atoms with Gasteiger partial charge in [-0.05, 0) is 55.8 Å². The highest BCUT2D eigenvalue weighted by Gasteiger charge is 2.08. The van der Waals surface area contributed by atoms with Gasteiger partial charge in [0.1, 0.15) is 11.5 Å². The van der Waals surface area contributed by atoms with E-state index in [1.807, 2.05) is 13.8 Å². The van der Waals surface area contributed by atoms with Crippen molar-refractivity contribution in [3.05, 3.63) is 53.8 Å². The predicted octanol–water partition coefficient (Wildman–Crippen LogP) is 4.04. The van der Waals surface area contributed by atoms with Crippen LogP contribution in [0.2, 0.25) is 0 Å². The number of hydrogen-bond donors (Lipinski definition) is 1. The third-order valence-electron chi connectivity index (χ3n) is 2.84. The summed E-state index contributed by atoms with van der Waals surface area (Å²) in [5, 5.41) is 0. The van der Waals surface area contributed by atoms with Crippen molar-refractivity contribution in [3.8, 4) is 17.2 Å². The Kier molecular flexibility index (Phi) is 4.58. The molecule has 2 N–H and O–H groups in total.